The Bertz CT molecular complexity index is 736. The molecule has 2 saturated heterocycles. The molecule has 2 heterocycles. The van der Waals surface area contributed by atoms with Crippen molar-refractivity contribution in [2.24, 2.45) is 11.8 Å². The summed E-state index contributed by atoms with van der Waals surface area (Å²) in [5.74, 6) is 0.581. The van der Waals surface area contributed by atoms with E-state index in [1.54, 1.807) is 6.07 Å². The fraction of sp³-hybridized carbons (Fsp3) is 0.625. The maximum absolute atomic E-state index is 12.9. The Morgan fingerprint density at radius 3 is 2.29 bits per heavy atom. The normalized spacial score (nSPS) is 25.3. The fourth-order valence-electron chi connectivity index (χ4n) is 3.59. The lowest BCUT2D eigenvalue weighted by atomic mass is 9.94. The smallest absolute Gasteiger partial charge is 0.293 e. The number of rotatable bonds is 4. The van der Waals surface area contributed by atoms with Gasteiger partial charge in [-0.25, -0.2) is 8.42 Å². The van der Waals surface area contributed by atoms with Gasteiger partial charge in [0.05, 0.1) is 9.82 Å². The summed E-state index contributed by atoms with van der Waals surface area (Å²) >= 11 is 0. The SMILES string of the molecule is C[C@@H]1C[C@@H](C)CN(S(=O)(=O)c2ccc(N3CCC3)c([N+](=O)[O-])c2)C1. The number of benzene rings is 1. The molecule has 132 valence electrons. The van der Waals surface area contributed by atoms with Crippen molar-refractivity contribution in [2.75, 3.05) is 31.1 Å². The maximum atomic E-state index is 12.9. The predicted molar refractivity (Wildman–Crippen MR) is 91.6 cm³/mol. The van der Waals surface area contributed by atoms with Crippen LogP contribution in [0.3, 0.4) is 0 Å². The van der Waals surface area contributed by atoms with Crippen molar-refractivity contribution in [3.05, 3.63) is 28.3 Å². The highest BCUT2D eigenvalue weighted by Crippen LogP contribution is 2.35. The van der Waals surface area contributed by atoms with E-state index in [1.165, 1.54) is 16.4 Å². The van der Waals surface area contributed by atoms with E-state index in [1.807, 2.05) is 18.7 Å². The van der Waals surface area contributed by atoms with Gasteiger partial charge in [0, 0.05) is 32.2 Å². The molecule has 0 aliphatic carbocycles. The third kappa shape index (κ3) is 3.12. The van der Waals surface area contributed by atoms with Gasteiger partial charge in [-0.05, 0) is 36.8 Å². The number of nitro groups is 1. The van der Waals surface area contributed by atoms with Crippen LogP contribution in [0.4, 0.5) is 11.4 Å². The van der Waals surface area contributed by atoms with Gasteiger partial charge in [-0.15, -0.1) is 0 Å². The lowest BCUT2D eigenvalue weighted by molar-refractivity contribution is -0.384. The second-order valence-electron chi connectivity index (χ2n) is 7.02. The third-order valence-corrected chi connectivity index (χ3v) is 6.64. The molecular weight excluding hydrogens is 330 g/mol. The van der Waals surface area contributed by atoms with Crippen LogP contribution in [0.5, 0.6) is 0 Å². The molecule has 0 unspecified atom stereocenters. The second kappa shape index (κ2) is 6.33. The minimum atomic E-state index is -3.70. The number of hydrogen-bond acceptors (Lipinski definition) is 5. The summed E-state index contributed by atoms with van der Waals surface area (Å²) in [6.45, 7) is 6.55. The molecule has 1 aromatic rings. The van der Waals surface area contributed by atoms with Crippen LogP contribution < -0.4 is 4.90 Å². The molecule has 2 aliphatic rings. The summed E-state index contributed by atoms with van der Waals surface area (Å²) in [5, 5.41) is 11.4. The van der Waals surface area contributed by atoms with E-state index in [2.05, 4.69) is 0 Å². The highest BCUT2D eigenvalue weighted by atomic mass is 32.2. The Balaban J connectivity index is 1.95. The number of nitro benzene ring substituents is 1. The minimum absolute atomic E-state index is 0.0137. The van der Waals surface area contributed by atoms with Crippen LogP contribution in [-0.4, -0.2) is 43.8 Å². The molecule has 0 radical (unpaired) electrons. The van der Waals surface area contributed by atoms with Crippen molar-refractivity contribution >= 4 is 21.4 Å². The zero-order valence-corrected chi connectivity index (χ0v) is 14.8. The Morgan fingerprint density at radius 2 is 1.79 bits per heavy atom. The van der Waals surface area contributed by atoms with Crippen molar-refractivity contribution in [3.8, 4) is 0 Å². The fourth-order valence-corrected chi connectivity index (χ4v) is 5.29. The molecule has 0 bridgehead atoms. The maximum Gasteiger partial charge on any atom is 0.293 e. The van der Waals surface area contributed by atoms with Crippen LogP contribution >= 0.6 is 0 Å². The van der Waals surface area contributed by atoms with Gasteiger partial charge < -0.3 is 4.90 Å². The standard InChI is InChI=1S/C16H23N3O4S/c1-12-8-13(2)11-18(10-12)24(22,23)14-4-5-15(17-6-3-7-17)16(9-14)19(20)21/h4-5,9,12-13H,3,6-8,10-11H2,1-2H3/t12-,13-/m1/s1. The molecule has 0 spiro atoms. The molecule has 0 N–H and O–H groups in total. The lowest BCUT2D eigenvalue weighted by Crippen LogP contribution is -2.42. The highest BCUT2D eigenvalue weighted by molar-refractivity contribution is 7.89. The van der Waals surface area contributed by atoms with Crippen LogP contribution in [0.25, 0.3) is 0 Å². The van der Waals surface area contributed by atoms with E-state index in [4.69, 9.17) is 0 Å². The molecule has 2 aliphatic heterocycles. The first-order chi connectivity index (χ1) is 11.3. The molecule has 7 nitrogen and oxygen atoms in total. The number of piperidine rings is 1. The number of anilines is 1. The Kier molecular flexibility index (Phi) is 4.52. The second-order valence-corrected chi connectivity index (χ2v) is 8.95. The number of hydrogen-bond donors (Lipinski definition) is 0. The van der Waals surface area contributed by atoms with Gasteiger partial charge in [-0.1, -0.05) is 13.8 Å². The summed E-state index contributed by atoms with van der Waals surface area (Å²) in [4.78, 5) is 12.8. The summed E-state index contributed by atoms with van der Waals surface area (Å²) < 4.78 is 27.3. The highest BCUT2D eigenvalue weighted by Gasteiger charge is 2.33. The molecule has 24 heavy (non-hydrogen) atoms. The average Bonchev–Trinajstić information content (AvgIpc) is 2.44. The van der Waals surface area contributed by atoms with Crippen LogP contribution in [-0.2, 0) is 10.0 Å². The summed E-state index contributed by atoms with van der Waals surface area (Å²) in [6.07, 6.45) is 2.00. The lowest BCUT2D eigenvalue weighted by Gasteiger charge is -2.34. The van der Waals surface area contributed by atoms with Gasteiger partial charge in [0.15, 0.2) is 0 Å². The molecule has 1 aromatic carbocycles. The molecule has 3 rings (SSSR count). The van der Waals surface area contributed by atoms with Gasteiger partial charge in [0.25, 0.3) is 5.69 Å². The van der Waals surface area contributed by atoms with Gasteiger partial charge in [-0.3, -0.25) is 10.1 Å². The van der Waals surface area contributed by atoms with E-state index < -0.39 is 14.9 Å². The zero-order valence-electron chi connectivity index (χ0n) is 14.0. The molecule has 0 saturated carbocycles. The van der Waals surface area contributed by atoms with Crippen molar-refractivity contribution in [1.82, 2.24) is 4.31 Å². The van der Waals surface area contributed by atoms with Gasteiger partial charge >= 0.3 is 0 Å². The van der Waals surface area contributed by atoms with E-state index in [-0.39, 0.29) is 10.6 Å². The topological polar surface area (TPSA) is 83.8 Å². The predicted octanol–water partition coefficient (Wildman–Crippen LogP) is 2.47. The zero-order chi connectivity index (χ0) is 17.5. The molecule has 2 fully saturated rings. The first kappa shape index (κ1) is 17.2. The van der Waals surface area contributed by atoms with Gasteiger partial charge in [0.1, 0.15) is 5.69 Å². The molecule has 8 heteroatoms. The molecule has 0 amide bonds. The molecule has 0 aromatic heterocycles. The van der Waals surface area contributed by atoms with Crippen molar-refractivity contribution in [1.29, 1.82) is 0 Å². The van der Waals surface area contributed by atoms with Crippen LogP contribution in [0, 0.1) is 22.0 Å². The van der Waals surface area contributed by atoms with Crippen molar-refractivity contribution in [3.63, 3.8) is 0 Å². The van der Waals surface area contributed by atoms with E-state index in [0.717, 1.165) is 25.9 Å². The largest absolute Gasteiger partial charge is 0.366 e. The number of sulfonamides is 1. The van der Waals surface area contributed by atoms with Gasteiger partial charge in [-0.2, -0.15) is 4.31 Å². The summed E-state index contributed by atoms with van der Waals surface area (Å²) in [7, 11) is -3.70. The first-order valence-corrected chi connectivity index (χ1v) is 9.76. The first-order valence-electron chi connectivity index (χ1n) is 8.32. The summed E-state index contributed by atoms with van der Waals surface area (Å²) in [6, 6.07) is 4.29. The quantitative estimate of drug-likeness (QED) is 0.613. The molecular formula is C16H23N3O4S. The van der Waals surface area contributed by atoms with E-state index in [0.29, 0.717) is 30.6 Å². The van der Waals surface area contributed by atoms with Crippen molar-refractivity contribution in [2.45, 2.75) is 31.6 Å². The Hall–Kier alpha value is -1.67. The van der Waals surface area contributed by atoms with Crippen LogP contribution in [0.1, 0.15) is 26.7 Å². The van der Waals surface area contributed by atoms with Gasteiger partial charge in [0.2, 0.25) is 10.0 Å². The van der Waals surface area contributed by atoms with E-state index >= 15 is 0 Å². The Morgan fingerprint density at radius 1 is 1.17 bits per heavy atom. The summed E-state index contributed by atoms with van der Waals surface area (Å²) in [5.41, 5.74) is 0.375. The molecule has 2 atom stereocenters. The minimum Gasteiger partial charge on any atom is -0.366 e. The number of nitrogens with zero attached hydrogens (tertiary/aromatic N) is 3. The van der Waals surface area contributed by atoms with E-state index in [9.17, 15) is 18.5 Å². The monoisotopic (exact) mass is 353 g/mol. The third-order valence-electron chi connectivity index (χ3n) is 4.81. The average molecular weight is 353 g/mol. The van der Waals surface area contributed by atoms with Crippen molar-refractivity contribution < 1.29 is 13.3 Å². The van der Waals surface area contributed by atoms with Crippen LogP contribution in [0.2, 0.25) is 0 Å². The van der Waals surface area contributed by atoms with Crippen LogP contribution in [0.15, 0.2) is 23.1 Å². The Labute approximate surface area is 142 Å².